The highest BCUT2D eigenvalue weighted by Crippen LogP contribution is 2.18. The molecule has 2 aromatic rings. The van der Waals surface area contributed by atoms with Gasteiger partial charge in [0, 0.05) is 12.6 Å². The number of hydrogen-bond acceptors (Lipinski definition) is 4. The molecule has 168 valence electrons. The van der Waals surface area contributed by atoms with E-state index in [-0.39, 0.29) is 30.9 Å². The summed E-state index contributed by atoms with van der Waals surface area (Å²) in [4.78, 5) is 27.5. The molecule has 0 radical (unpaired) electrons. The number of rotatable bonds is 11. The van der Waals surface area contributed by atoms with Crippen molar-refractivity contribution in [3.63, 3.8) is 0 Å². The van der Waals surface area contributed by atoms with E-state index in [1.165, 1.54) is 17.0 Å². The van der Waals surface area contributed by atoms with Gasteiger partial charge in [0.15, 0.2) is 18.2 Å². The molecule has 1 N–H and O–H groups in total. The third kappa shape index (κ3) is 6.98. The maximum absolute atomic E-state index is 13.9. The van der Waals surface area contributed by atoms with E-state index in [0.717, 1.165) is 12.0 Å². The predicted octanol–water partition coefficient (Wildman–Crippen LogP) is 3.94. The van der Waals surface area contributed by atoms with Crippen molar-refractivity contribution in [3.05, 3.63) is 59.9 Å². The summed E-state index contributed by atoms with van der Waals surface area (Å²) in [6.07, 6.45) is 1.22. The van der Waals surface area contributed by atoms with Gasteiger partial charge in [-0.05, 0) is 49.6 Å². The second-order valence-corrected chi connectivity index (χ2v) is 7.33. The molecule has 0 aromatic heterocycles. The zero-order valence-corrected chi connectivity index (χ0v) is 18.6. The number of carbonyl (C=O) groups is 2. The lowest BCUT2D eigenvalue weighted by Gasteiger charge is -2.31. The molecule has 0 bridgehead atoms. The molecule has 0 spiro atoms. The van der Waals surface area contributed by atoms with Crippen LogP contribution >= 0.6 is 0 Å². The van der Waals surface area contributed by atoms with Gasteiger partial charge in [-0.25, -0.2) is 4.39 Å². The van der Waals surface area contributed by atoms with E-state index in [1.54, 1.807) is 31.4 Å². The molecule has 0 saturated heterocycles. The first-order valence-corrected chi connectivity index (χ1v) is 10.5. The lowest BCUT2D eigenvalue weighted by atomic mass is 10.1. The number of ether oxygens (including phenoxy) is 2. The van der Waals surface area contributed by atoms with Crippen molar-refractivity contribution in [1.29, 1.82) is 0 Å². The standard InChI is InChI=1S/C24H31FN2O4/c1-5-17(3)26-24(29)21(6-2)27(15-18-11-13-19(30-4)14-12-18)23(28)16-31-22-10-8-7-9-20(22)25/h7-14,17,21H,5-6,15-16H2,1-4H3,(H,26,29)/t17-,21+/m0/s1. The van der Waals surface area contributed by atoms with Gasteiger partial charge in [-0.15, -0.1) is 0 Å². The third-order valence-corrected chi connectivity index (χ3v) is 5.09. The Morgan fingerprint density at radius 2 is 1.74 bits per heavy atom. The fourth-order valence-electron chi connectivity index (χ4n) is 3.07. The maximum atomic E-state index is 13.9. The SMILES string of the molecule is CC[C@H](C(=O)N[C@@H](C)CC)N(Cc1ccc(OC)cc1)C(=O)COc1ccccc1F. The Balaban J connectivity index is 2.22. The van der Waals surface area contributed by atoms with Gasteiger partial charge >= 0.3 is 0 Å². The number of hydrogen-bond donors (Lipinski definition) is 1. The molecule has 2 atom stereocenters. The average molecular weight is 431 g/mol. The fraction of sp³-hybridized carbons (Fsp3) is 0.417. The van der Waals surface area contributed by atoms with Crippen molar-refractivity contribution in [2.75, 3.05) is 13.7 Å². The molecular formula is C24H31FN2O4. The number of halogens is 1. The van der Waals surface area contributed by atoms with E-state index in [9.17, 15) is 14.0 Å². The predicted molar refractivity (Wildman–Crippen MR) is 117 cm³/mol. The molecule has 7 heteroatoms. The van der Waals surface area contributed by atoms with Crippen LogP contribution in [0.3, 0.4) is 0 Å². The van der Waals surface area contributed by atoms with Gasteiger partial charge in [0.1, 0.15) is 11.8 Å². The van der Waals surface area contributed by atoms with Gasteiger partial charge in [0.25, 0.3) is 5.91 Å². The van der Waals surface area contributed by atoms with Crippen molar-refractivity contribution < 1.29 is 23.5 Å². The van der Waals surface area contributed by atoms with E-state index in [0.29, 0.717) is 12.2 Å². The van der Waals surface area contributed by atoms with Crippen LogP contribution in [0, 0.1) is 5.82 Å². The lowest BCUT2D eigenvalue weighted by Crippen LogP contribution is -2.51. The van der Waals surface area contributed by atoms with E-state index < -0.39 is 17.8 Å². The van der Waals surface area contributed by atoms with Crippen LogP contribution in [0.25, 0.3) is 0 Å². The van der Waals surface area contributed by atoms with Crippen LogP contribution in [0.5, 0.6) is 11.5 Å². The lowest BCUT2D eigenvalue weighted by molar-refractivity contribution is -0.143. The Morgan fingerprint density at radius 3 is 2.32 bits per heavy atom. The number of carbonyl (C=O) groups excluding carboxylic acids is 2. The van der Waals surface area contributed by atoms with Crippen molar-refractivity contribution in [3.8, 4) is 11.5 Å². The van der Waals surface area contributed by atoms with Crippen LogP contribution in [0.4, 0.5) is 4.39 Å². The number of nitrogens with one attached hydrogen (secondary N) is 1. The van der Waals surface area contributed by atoms with Crippen molar-refractivity contribution >= 4 is 11.8 Å². The zero-order chi connectivity index (χ0) is 22.8. The minimum absolute atomic E-state index is 0.00245. The highest BCUT2D eigenvalue weighted by Gasteiger charge is 2.29. The number of nitrogens with zero attached hydrogens (tertiary/aromatic N) is 1. The highest BCUT2D eigenvalue weighted by atomic mass is 19.1. The van der Waals surface area contributed by atoms with Gasteiger partial charge < -0.3 is 19.7 Å². The molecule has 6 nitrogen and oxygen atoms in total. The molecule has 31 heavy (non-hydrogen) atoms. The molecule has 0 unspecified atom stereocenters. The van der Waals surface area contributed by atoms with Crippen molar-refractivity contribution in [1.82, 2.24) is 10.2 Å². The van der Waals surface area contributed by atoms with Crippen LogP contribution in [0.15, 0.2) is 48.5 Å². The zero-order valence-electron chi connectivity index (χ0n) is 18.6. The minimum Gasteiger partial charge on any atom is -0.497 e. The van der Waals surface area contributed by atoms with Crippen LogP contribution in [-0.4, -0.2) is 42.5 Å². The molecule has 0 fully saturated rings. The molecule has 0 heterocycles. The summed E-state index contributed by atoms with van der Waals surface area (Å²) in [5, 5.41) is 2.95. The third-order valence-electron chi connectivity index (χ3n) is 5.09. The summed E-state index contributed by atoms with van der Waals surface area (Å²) < 4.78 is 24.5. The van der Waals surface area contributed by atoms with Gasteiger partial charge in [-0.2, -0.15) is 0 Å². The summed E-state index contributed by atoms with van der Waals surface area (Å²) in [5.74, 6) is -0.461. The van der Waals surface area contributed by atoms with Gasteiger partial charge in [0.2, 0.25) is 5.91 Å². The summed E-state index contributed by atoms with van der Waals surface area (Å²) in [5.41, 5.74) is 0.842. The molecule has 2 rings (SSSR count). The maximum Gasteiger partial charge on any atom is 0.261 e. The van der Waals surface area contributed by atoms with E-state index in [2.05, 4.69) is 5.32 Å². The normalized spacial score (nSPS) is 12.5. The monoisotopic (exact) mass is 430 g/mol. The summed E-state index contributed by atoms with van der Waals surface area (Å²) in [7, 11) is 1.58. The minimum atomic E-state index is -0.673. The molecule has 0 saturated carbocycles. The Kier molecular flexibility index (Phi) is 9.31. The van der Waals surface area contributed by atoms with Crippen molar-refractivity contribution in [2.24, 2.45) is 0 Å². The molecule has 0 aliphatic rings. The first-order valence-electron chi connectivity index (χ1n) is 10.5. The second kappa shape index (κ2) is 11.9. The molecule has 0 aliphatic carbocycles. The largest absolute Gasteiger partial charge is 0.497 e. The van der Waals surface area contributed by atoms with Gasteiger partial charge in [-0.1, -0.05) is 38.1 Å². The molecular weight excluding hydrogens is 399 g/mol. The quantitative estimate of drug-likeness (QED) is 0.586. The molecule has 0 aliphatic heterocycles. The van der Waals surface area contributed by atoms with Gasteiger partial charge in [-0.3, -0.25) is 9.59 Å². The Hall–Kier alpha value is -3.09. The van der Waals surface area contributed by atoms with Crippen LogP contribution in [0.1, 0.15) is 39.2 Å². The Labute approximate surface area is 183 Å². The first-order chi connectivity index (χ1) is 14.9. The van der Waals surface area contributed by atoms with E-state index in [4.69, 9.17) is 9.47 Å². The summed E-state index contributed by atoms with van der Waals surface area (Å²) in [6.45, 7) is 5.60. The summed E-state index contributed by atoms with van der Waals surface area (Å²) in [6, 6.07) is 12.5. The number of methoxy groups -OCH3 is 1. The highest BCUT2D eigenvalue weighted by molar-refractivity contribution is 5.88. The van der Waals surface area contributed by atoms with Crippen LogP contribution < -0.4 is 14.8 Å². The van der Waals surface area contributed by atoms with Gasteiger partial charge in [0.05, 0.1) is 7.11 Å². The van der Waals surface area contributed by atoms with E-state index in [1.807, 2.05) is 32.9 Å². The number of amides is 2. The van der Waals surface area contributed by atoms with Crippen LogP contribution in [-0.2, 0) is 16.1 Å². The molecule has 2 amide bonds. The van der Waals surface area contributed by atoms with Crippen molar-refractivity contribution in [2.45, 2.75) is 52.2 Å². The first kappa shape index (κ1) is 24.2. The topological polar surface area (TPSA) is 67.9 Å². The Morgan fingerprint density at radius 1 is 1.06 bits per heavy atom. The smallest absolute Gasteiger partial charge is 0.261 e. The Bertz CT molecular complexity index is 857. The number of benzene rings is 2. The van der Waals surface area contributed by atoms with Crippen LogP contribution in [0.2, 0.25) is 0 Å². The molecule has 2 aromatic carbocycles. The number of para-hydroxylation sites is 1. The summed E-state index contributed by atoms with van der Waals surface area (Å²) >= 11 is 0. The fourth-order valence-corrected chi connectivity index (χ4v) is 3.07. The average Bonchev–Trinajstić information content (AvgIpc) is 2.78. The second-order valence-electron chi connectivity index (χ2n) is 7.33. The van der Waals surface area contributed by atoms with E-state index >= 15 is 0 Å².